The Balaban J connectivity index is 2.19. The molecule has 0 saturated carbocycles. The van der Waals surface area contributed by atoms with Gasteiger partial charge in [0.25, 0.3) is 0 Å². The van der Waals surface area contributed by atoms with Gasteiger partial charge in [0.2, 0.25) is 11.8 Å². The van der Waals surface area contributed by atoms with Crippen LogP contribution < -0.4 is 5.32 Å². The first-order valence-corrected chi connectivity index (χ1v) is 8.86. The van der Waals surface area contributed by atoms with E-state index in [9.17, 15) is 9.59 Å². The minimum Gasteiger partial charge on any atom is -0.381 e. The molecule has 1 N–H and O–H groups in total. The van der Waals surface area contributed by atoms with Crippen LogP contribution in [0.5, 0.6) is 0 Å². The quantitative estimate of drug-likeness (QED) is 0.731. The van der Waals surface area contributed by atoms with Crippen molar-refractivity contribution < 1.29 is 14.3 Å². The van der Waals surface area contributed by atoms with Crippen molar-refractivity contribution in [3.05, 3.63) is 0 Å². The third-order valence-electron chi connectivity index (χ3n) is 4.01. The van der Waals surface area contributed by atoms with E-state index in [1.165, 1.54) is 0 Å². The molecule has 0 aliphatic carbocycles. The van der Waals surface area contributed by atoms with E-state index >= 15 is 0 Å². The summed E-state index contributed by atoms with van der Waals surface area (Å²) in [7, 11) is 0. The zero-order valence-corrected chi connectivity index (χ0v) is 15.5. The number of hydrogen-bond donors (Lipinski definition) is 1. The highest BCUT2D eigenvalue weighted by Gasteiger charge is 2.32. The smallest absolute Gasteiger partial charge is 0.227 e. The Morgan fingerprint density at radius 2 is 1.83 bits per heavy atom. The fourth-order valence-corrected chi connectivity index (χ4v) is 2.67. The average Bonchev–Trinajstić information content (AvgIpc) is 2.48. The monoisotopic (exact) mass is 326 g/mol. The molecular formula is C18H34N2O3. The third kappa shape index (κ3) is 7.34. The fourth-order valence-electron chi connectivity index (χ4n) is 2.67. The number of hydrogen-bond acceptors (Lipinski definition) is 3. The zero-order valence-electron chi connectivity index (χ0n) is 15.5. The number of nitrogens with zero attached hydrogens (tertiary/aromatic N) is 1. The van der Waals surface area contributed by atoms with E-state index in [-0.39, 0.29) is 23.1 Å². The number of rotatable bonds is 7. The van der Waals surface area contributed by atoms with Crippen LogP contribution in [0, 0.1) is 17.3 Å². The Morgan fingerprint density at radius 3 is 2.35 bits per heavy atom. The van der Waals surface area contributed by atoms with Gasteiger partial charge in [-0.1, -0.05) is 34.6 Å². The number of likely N-dealkylation sites (tertiary alicyclic amines) is 1. The van der Waals surface area contributed by atoms with E-state index in [1.807, 2.05) is 25.7 Å². The Kier molecular flexibility index (Phi) is 8.03. The highest BCUT2D eigenvalue weighted by atomic mass is 16.5. The molecule has 1 saturated heterocycles. The first-order chi connectivity index (χ1) is 10.7. The molecule has 0 radical (unpaired) electrons. The van der Waals surface area contributed by atoms with Crippen LogP contribution in [-0.2, 0) is 14.3 Å². The maximum absolute atomic E-state index is 12.2. The van der Waals surface area contributed by atoms with Crippen molar-refractivity contribution in [1.82, 2.24) is 10.2 Å². The number of nitrogens with one attached hydrogen (secondary N) is 1. The van der Waals surface area contributed by atoms with Gasteiger partial charge in [-0.15, -0.1) is 0 Å². The lowest BCUT2D eigenvalue weighted by molar-refractivity contribution is -0.142. The van der Waals surface area contributed by atoms with Crippen LogP contribution in [0.2, 0.25) is 0 Å². The van der Waals surface area contributed by atoms with E-state index in [0.29, 0.717) is 32.2 Å². The highest BCUT2D eigenvalue weighted by Crippen LogP contribution is 2.23. The van der Waals surface area contributed by atoms with Gasteiger partial charge < -0.3 is 15.0 Å². The minimum absolute atomic E-state index is 0.0376. The van der Waals surface area contributed by atoms with E-state index in [2.05, 4.69) is 19.2 Å². The summed E-state index contributed by atoms with van der Waals surface area (Å²) in [4.78, 5) is 26.3. The summed E-state index contributed by atoms with van der Waals surface area (Å²) in [6, 6.07) is 0. The molecule has 1 fully saturated rings. The lowest BCUT2D eigenvalue weighted by Crippen LogP contribution is -2.46. The third-order valence-corrected chi connectivity index (χ3v) is 4.01. The molecule has 23 heavy (non-hydrogen) atoms. The van der Waals surface area contributed by atoms with Gasteiger partial charge in [0.1, 0.15) is 0 Å². The SMILES string of the molecule is CC(C)COCCCNC(=O)C1CCN(C(=O)C(C)(C)C)CC1. The molecule has 5 nitrogen and oxygen atoms in total. The summed E-state index contributed by atoms with van der Waals surface area (Å²) in [5.74, 6) is 0.886. The van der Waals surface area contributed by atoms with Gasteiger partial charge in [0.15, 0.2) is 0 Å². The van der Waals surface area contributed by atoms with Gasteiger partial charge in [0.05, 0.1) is 0 Å². The molecule has 1 aliphatic rings. The zero-order chi connectivity index (χ0) is 17.5. The van der Waals surface area contributed by atoms with Gasteiger partial charge in [0, 0.05) is 44.2 Å². The molecule has 0 bridgehead atoms. The predicted molar refractivity (Wildman–Crippen MR) is 92.0 cm³/mol. The van der Waals surface area contributed by atoms with Gasteiger partial charge >= 0.3 is 0 Å². The lowest BCUT2D eigenvalue weighted by atomic mass is 9.90. The molecule has 0 aromatic heterocycles. The van der Waals surface area contributed by atoms with Gasteiger partial charge in [-0.3, -0.25) is 9.59 Å². The second-order valence-electron chi connectivity index (χ2n) is 7.93. The van der Waals surface area contributed by atoms with Crippen LogP contribution in [0.3, 0.4) is 0 Å². The fraction of sp³-hybridized carbons (Fsp3) is 0.889. The van der Waals surface area contributed by atoms with Gasteiger partial charge in [-0.05, 0) is 25.2 Å². The normalized spacial score (nSPS) is 16.7. The largest absolute Gasteiger partial charge is 0.381 e. The van der Waals surface area contributed by atoms with Gasteiger partial charge in [-0.25, -0.2) is 0 Å². The predicted octanol–water partition coefficient (Wildman–Crippen LogP) is 2.45. The summed E-state index contributed by atoms with van der Waals surface area (Å²) in [5.41, 5.74) is -0.342. The van der Waals surface area contributed by atoms with E-state index in [4.69, 9.17) is 4.74 Å². The molecule has 2 amide bonds. The number of carbonyl (C=O) groups is 2. The Hall–Kier alpha value is -1.10. The molecule has 0 spiro atoms. The Labute approximate surface area is 141 Å². The number of carbonyl (C=O) groups excluding carboxylic acids is 2. The molecule has 1 rings (SSSR count). The molecule has 0 aromatic rings. The summed E-state index contributed by atoms with van der Waals surface area (Å²) in [5, 5.41) is 2.99. The van der Waals surface area contributed by atoms with Crippen molar-refractivity contribution >= 4 is 11.8 Å². The molecule has 1 heterocycles. The summed E-state index contributed by atoms with van der Waals surface area (Å²) in [6.07, 6.45) is 2.37. The summed E-state index contributed by atoms with van der Waals surface area (Å²) >= 11 is 0. The Morgan fingerprint density at radius 1 is 1.22 bits per heavy atom. The van der Waals surface area contributed by atoms with Crippen LogP contribution in [0.1, 0.15) is 53.9 Å². The maximum atomic E-state index is 12.2. The van der Waals surface area contributed by atoms with Crippen molar-refractivity contribution in [1.29, 1.82) is 0 Å². The second-order valence-corrected chi connectivity index (χ2v) is 7.93. The van der Waals surface area contributed by atoms with Crippen molar-refractivity contribution in [2.24, 2.45) is 17.3 Å². The molecule has 0 aromatic carbocycles. The molecule has 5 heteroatoms. The maximum Gasteiger partial charge on any atom is 0.227 e. The number of piperidine rings is 1. The topological polar surface area (TPSA) is 58.6 Å². The standard InChI is InChI=1S/C18H34N2O3/c1-14(2)13-23-12-6-9-19-16(21)15-7-10-20(11-8-15)17(22)18(3,4)5/h14-15H,6-13H2,1-5H3,(H,19,21). The van der Waals surface area contributed by atoms with Crippen LogP contribution in [0.15, 0.2) is 0 Å². The lowest BCUT2D eigenvalue weighted by Gasteiger charge is -2.35. The average molecular weight is 326 g/mol. The van der Waals surface area contributed by atoms with E-state index in [1.54, 1.807) is 0 Å². The molecule has 0 unspecified atom stereocenters. The molecule has 1 aliphatic heterocycles. The first-order valence-electron chi connectivity index (χ1n) is 8.86. The Bertz CT molecular complexity index is 380. The summed E-state index contributed by atoms with van der Waals surface area (Å²) in [6.45, 7) is 13.6. The van der Waals surface area contributed by atoms with Crippen molar-refractivity contribution in [3.63, 3.8) is 0 Å². The van der Waals surface area contributed by atoms with Crippen LogP contribution in [0.4, 0.5) is 0 Å². The molecular weight excluding hydrogens is 292 g/mol. The molecule has 0 atom stereocenters. The highest BCUT2D eigenvalue weighted by molar-refractivity contribution is 5.82. The number of amides is 2. The van der Waals surface area contributed by atoms with Crippen molar-refractivity contribution in [2.75, 3.05) is 32.8 Å². The van der Waals surface area contributed by atoms with E-state index in [0.717, 1.165) is 25.9 Å². The van der Waals surface area contributed by atoms with Crippen LogP contribution in [0.25, 0.3) is 0 Å². The summed E-state index contributed by atoms with van der Waals surface area (Å²) < 4.78 is 5.50. The van der Waals surface area contributed by atoms with Crippen molar-refractivity contribution in [2.45, 2.75) is 53.9 Å². The van der Waals surface area contributed by atoms with Gasteiger partial charge in [-0.2, -0.15) is 0 Å². The minimum atomic E-state index is -0.342. The van der Waals surface area contributed by atoms with Crippen molar-refractivity contribution in [3.8, 4) is 0 Å². The van der Waals surface area contributed by atoms with E-state index < -0.39 is 0 Å². The van der Waals surface area contributed by atoms with Crippen LogP contribution in [-0.4, -0.2) is 49.6 Å². The molecule has 134 valence electrons. The number of ether oxygens (including phenoxy) is 1. The first kappa shape index (κ1) is 19.9. The second kappa shape index (κ2) is 9.26. The van der Waals surface area contributed by atoms with Crippen LogP contribution >= 0.6 is 0 Å².